The van der Waals surface area contributed by atoms with Crippen molar-refractivity contribution < 1.29 is 17.6 Å². The van der Waals surface area contributed by atoms with E-state index < -0.39 is 15.8 Å². The van der Waals surface area contributed by atoms with E-state index in [4.69, 9.17) is 16.0 Å². The lowest BCUT2D eigenvalue weighted by Gasteiger charge is -2.30. The number of oxazole rings is 1. The van der Waals surface area contributed by atoms with Gasteiger partial charge in [-0.15, -0.1) is 0 Å². The van der Waals surface area contributed by atoms with Crippen LogP contribution in [0.3, 0.4) is 0 Å². The maximum absolute atomic E-state index is 13.0. The van der Waals surface area contributed by atoms with E-state index in [0.29, 0.717) is 29.1 Å². The number of sulfonamides is 1. The van der Waals surface area contributed by atoms with Crippen LogP contribution in [0, 0.1) is 5.92 Å². The molecule has 2 heterocycles. The largest absolute Gasteiger partial charge is 0.419 e. The van der Waals surface area contributed by atoms with Gasteiger partial charge in [-0.2, -0.15) is 4.31 Å². The molecule has 1 saturated heterocycles. The van der Waals surface area contributed by atoms with Gasteiger partial charge in [0, 0.05) is 32.1 Å². The van der Waals surface area contributed by atoms with Crippen molar-refractivity contribution in [1.29, 1.82) is 0 Å². The third kappa shape index (κ3) is 3.76. The molecule has 0 saturated carbocycles. The number of fused-ring (bicyclic) bond motifs is 1. The molecule has 1 N–H and O–H groups in total. The predicted molar refractivity (Wildman–Crippen MR) is 113 cm³/mol. The Morgan fingerprint density at radius 1 is 1.17 bits per heavy atom. The number of para-hydroxylation sites is 1. The Balaban J connectivity index is 1.46. The van der Waals surface area contributed by atoms with Crippen molar-refractivity contribution in [1.82, 2.24) is 8.87 Å². The van der Waals surface area contributed by atoms with E-state index in [1.54, 1.807) is 37.4 Å². The van der Waals surface area contributed by atoms with Crippen molar-refractivity contribution in [3.63, 3.8) is 0 Å². The lowest BCUT2D eigenvalue weighted by atomic mass is 9.97. The fourth-order valence-corrected chi connectivity index (χ4v) is 5.25. The number of aromatic nitrogens is 1. The molecule has 30 heavy (non-hydrogen) atoms. The molecule has 1 aromatic heterocycles. The topological polar surface area (TPSA) is 102 Å². The van der Waals surface area contributed by atoms with Gasteiger partial charge in [0.05, 0.1) is 21.1 Å². The average Bonchev–Trinajstić information content (AvgIpc) is 3.03. The number of carbonyl (C=O) groups is 1. The Hall–Kier alpha value is -2.62. The van der Waals surface area contributed by atoms with Crippen LogP contribution in [0.25, 0.3) is 11.1 Å². The first-order chi connectivity index (χ1) is 14.3. The van der Waals surface area contributed by atoms with Gasteiger partial charge in [0.2, 0.25) is 15.9 Å². The Morgan fingerprint density at radius 2 is 1.87 bits per heavy atom. The minimum atomic E-state index is -3.76. The molecule has 0 spiro atoms. The van der Waals surface area contributed by atoms with Gasteiger partial charge in [0.25, 0.3) is 0 Å². The van der Waals surface area contributed by atoms with E-state index >= 15 is 0 Å². The summed E-state index contributed by atoms with van der Waals surface area (Å²) in [5.74, 6) is -1.03. The molecule has 0 bridgehead atoms. The summed E-state index contributed by atoms with van der Waals surface area (Å²) in [6.07, 6.45) is 0.802. The normalized spacial score (nSPS) is 16.1. The molecule has 0 aliphatic carbocycles. The number of piperidine rings is 1. The standard InChI is InChI=1S/C20H20ClN3O5S/c1-23-17-7-6-14(12-18(17)29-20(23)26)30(27,28)24-10-8-13(9-11-24)19(25)22-16-5-3-2-4-15(16)21/h2-7,12-13H,8-11H2,1H3,(H,22,25). The first-order valence-electron chi connectivity index (χ1n) is 9.42. The molecule has 2 aromatic carbocycles. The van der Waals surface area contributed by atoms with E-state index in [1.807, 2.05) is 0 Å². The molecule has 0 atom stereocenters. The molecule has 1 aliphatic rings. The van der Waals surface area contributed by atoms with Gasteiger partial charge in [0.1, 0.15) is 0 Å². The molecule has 1 amide bonds. The van der Waals surface area contributed by atoms with Crippen LogP contribution in [0.4, 0.5) is 5.69 Å². The Bertz CT molecular complexity index is 1270. The Labute approximate surface area is 178 Å². The maximum Gasteiger partial charge on any atom is 0.419 e. The molecule has 0 radical (unpaired) electrons. The summed E-state index contributed by atoms with van der Waals surface area (Å²) in [6, 6.07) is 11.3. The molecule has 1 fully saturated rings. The van der Waals surface area contributed by atoms with Gasteiger partial charge in [0.15, 0.2) is 5.58 Å². The maximum atomic E-state index is 13.0. The van der Waals surface area contributed by atoms with Gasteiger partial charge in [-0.25, -0.2) is 13.2 Å². The minimum absolute atomic E-state index is 0.0586. The number of hydrogen-bond acceptors (Lipinski definition) is 5. The molecule has 158 valence electrons. The number of benzene rings is 2. The highest BCUT2D eigenvalue weighted by Crippen LogP contribution is 2.28. The van der Waals surface area contributed by atoms with E-state index in [9.17, 15) is 18.0 Å². The van der Waals surface area contributed by atoms with Gasteiger partial charge < -0.3 is 9.73 Å². The summed E-state index contributed by atoms with van der Waals surface area (Å²) >= 11 is 6.08. The van der Waals surface area contributed by atoms with Crippen molar-refractivity contribution in [3.05, 3.63) is 58.0 Å². The molecule has 10 heteroatoms. The van der Waals surface area contributed by atoms with E-state index in [1.165, 1.54) is 21.0 Å². The molecule has 8 nitrogen and oxygen atoms in total. The zero-order chi connectivity index (χ0) is 21.5. The van der Waals surface area contributed by atoms with Crippen LogP contribution >= 0.6 is 11.6 Å². The molecular weight excluding hydrogens is 430 g/mol. The summed E-state index contributed by atoms with van der Waals surface area (Å²) in [7, 11) is -2.21. The fraction of sp³-hybridized carbons (Fsp3) is 0.300. The molecular formula is C20H20ClN3O5S. The van der Waals surface area contributed by atoms with Gasteiger partial charge in [-0.05, 0) is 37.1 Å². The number of carbonyl (C=O) groups excluding carboxylic acids is 1. The zero-order valence-electron chi connectivity index (χ0n) is 16.2. The summed E-state index contributed by atoms with van der Waals surface area (Å²) < 4.78 is 33.8. The summed E-state index contributed by atoms with van der Waals surface area (Å²) in [6.45, 7) is 0.444. The predicted octanol–water partition coefficient (Wildman–Crippen LogP) is 2.82. The summed E-state index contributed by atoms with van der Waals surface area (Å²) in [4.78, 5) is 24.2. The van der Waals surface area contributed by atoms with E-state index in [2.05, 4.69) is 5.32 Å². The fourth-order valence-electron chi connectivity index (χ4n) is 3.58. The van der Waals surface area contributed by atoms with Crippen molar-refractivity contribution in [2.24, 2.45) is 13.0 Å². The van der Waals surface area contributed by atoms with Gasteiger partial charge >= 0.3 is 5.76 Å². The smallest absolute Gasteiger partial charge is 0.408 e. The van der Waals surface area contributed by atoms with Crippen molar-refractivity contribution in [2.75, 3.05) is 18.4 Å². The number of rotatable bonds is 4. The number of nitrogens with zero attached hydrogens (tertiary/aromatic N) is 2. The Morgan fingerprint density at radius 3 is 2.57 bits per heavy atom. The number of hydrogen-bond donors (Lipinski definition) is 1. The number of nitrogens with one attached hydrogen (secondary N) is 1. The van der Waals surface area contributed by atoms with Crippen LogP contribution in [0.1, 0.15) is 12.8 Å². The number of halogens is 1. The highest BCUT2D eigenvalue weighted by Gasteiger charge is 2.32. The summed E-state index contributed by atoms with van der Waals surface area (Å²) in [5.41, 5.74) is 1.28. The lowest BCUT2D eigenvalue weighted by molar-refractivity contribution is -0.120. The summed E-state index contributed by atoms with van der Waals surface area (Å²) in [5, 5.41) is 3.26. The van der Waals surface area contributed by atoms with Crippen LogP contribution in [-0.4, -0.2) is 36.3 Å². The van der Waals surface area contributed by atoms with Crippen LogP contribution in [0.15, 0.2) is 56.6 Å². The van der Waals surface area contributed by atoms with Crippen LogP contribution in [0.2, 0.25) is 5.02 Å². The molecule has 3 aromatic rings. The highest BCUT2D eigenvalue weighted by molar-refractivity contribution is 7.89. The number of amides is 1. The highest BCUT2D eigenvalue weighted by atomic mass is 35.5. The third-order valence-electron chi connectivity index (χ3n) is 5.36. The minimum Gasteiger partial charge on any atom is -0.408 e. The average molecular weight is 450 g/mol. The Kier molecular flexibility index (Phi) is 5.44. The van der Waals surface area contributed by atoms with Crippen LogP contribution in [-0.2, 0) is 21.9 Å². The third-order valence-corrected chi connectivity index (χ3v) is 7.58. The van der Waals surface area contributed by atoms with Crippen LogP contribution < -0.4 is 11.1 Å². The SMILES string of the molecule is Cn1c(=O)oc2cc(S(=O)(=O)N3CCC(C(=O)Nc4ccccc4Cl)CC3)ccc21. The first kappa shape index (κ1) is 20.6. The second-order valence-corrected chi connectivity index (χ2v) is 9.55. The van der Waals surface area contributed by atoms with Crippen molar-refractivity contribution in [3.8, 4) is 0 Å². The number of aryl methyl sites for hydroxylation is 1. The molecule has 0 unspecified atom stereocenters. The molecule has 4 rings (SSSR count). The first-order valence-corrected chi connectivity index (χ1v) is 11.2. The van der Waals surface area contributed by atoms with Gasteiger partial charge in [-0.3, -0.25) is 9.36 Å². The van der Waals surface area contributed by atoms with Crippen molar-refractivity contribution >= 4 is 44.3 Å². The monoisotopic (exact) mass is 449 g/mol. The van der Waals surface area contributed by atoms with E-state index in [0.717, 1.165) is 0 Å². The van der Waals surface area contributed by atoms with E-state index in [-0.39, 0.29) is 35.4 Å². The second kappa shape index (κ2) is 7.90. The lowest BCUT2D eigenvalue weighted by Crippen LogP contribution is -2.41. The van der Waals surface area contributed by atoms with Crippen LogP contribution in [0.5, 0.6) is 0 Å². The zero-order valence-corrected chi connectivity index (χ0v) is 17.7. The van der Waals surface area contributed by atoms with Crippen molar-refractivity contribution in [2.45, 2.75) is 17.7 Å². The second-order valence-electron chi connectivity index (χ2n) is 7.20. The quantitative estimate of drug-likeness (QED) is 0.659. The van der Waals surface area contributed by atoms with Gasteiger partial charge in [-0.1, -0.05) is 23.7 Å². The number of anilines is 1. The molecule has 1 aliphatic heterocycles.